The maximum Gasteiger partial charge on any atom is 0.199 e. The Labute approximate surface area is 168 Å². The molecule has 0 bridgehead atoms. The molecule has 6 nitrogen and oxygen atoms in total. The van der Waals surface area contributed by atoms with E-state index in [9.17, 15) is 9.90 Å². The third kappa shape index (κ3) is 3.39. The smallest absolute Gasteiger partial charge is 0.199 e. The maximum absolute atomic E-state index is 13.1. The highest BCUT2D eigenvalue weighted by atomic mass is 16.5. The molecule has 0 atom stereocenters. The molecule has 0 spiro atoms. The second kappa shape index (κ2) is 7.03. The minimum Gasteiger partial charge on any atom is -0.507 e. The molecule has 0 saturated carbocycles. The molecule has 1 aliphatic rings. The van der Waals surface area contributed by atoms with Crippen LogP contribution in [0.3, 0.4) is 0 Å². The van der Waals surface area contributed by atoms with Crippen LogP contribution in [0.25, 0.3) is 11.0 Å². The lowest BCUT2D eigenvalue weighted by Gasteiger charge is -2.32. The number of phenols is 1. The molecule has 1 N–H and O–H groups in total. The minimum atomic E-state index is -0.319. The van der Waals surface area contributed by atoms with Gasteiger partial charge in [0, 0.05) is 23.6 Å². The van der Waals surface area contributed by atoms with Gasteiger partial charge in [0.25, 0.3) is 0 Å². The van der Waals surface area contributed by atoms with Crippen molar-refractivity contribution < 1.29 is 23.7 Å². The fourth-order valence-electron chi connectivity index (χ4n) is 3.76. The summed E-state index contributed by atoms with van der Waals surface area (Å²) in [5.74, 6) is 1.74. The van der Waals surface area contributed by atoms with Gasteiger partial charge in [-0.2, -0.15) is 0 Å². The second-order valence-corrected chi connectivity index (χ2v) is 7.89. The van der Waals surface area contributed by atoms with Gasteiger partial charge in [-0.15, -0.1) is 0 Å². The largest absolute Gasteiger partial charge is 0.507 e. The number of methoxy groups -OCH3 is 2. The monoisotopic (exact) mass is 396 g/mol. The number of aromatic hydroxyl groups is 1. The fraction of sp³-hybridized carbons (Fsp3) is 0.348. The standard InChI is InChI=1S/C23H24O6/c1-23(2)8-7-15-17(29-23)11-19-20(22(15)25)21(24)14(12-28-19)9-13-5-6-16(26-3)18(10-13)27-4/h5-6,10-12,25H,7-9H2,1-4H3. The summed E-state index contributed by atoms with van der Waals surface area (Å²) in [7, 11) is 3.14. The summed E-state index contributed by atoms with van der Waals surface area (Å²) in [5, 5.41) is 11.0. The van der Waals surface area contributed by atoms with E-state index >= 15 is 0 Å². The van der Waals surface area contributed by atoms with Crippen LogP contribution in [-0.2, 0) is 12.8 Å². The number of rotatable bonds is 4. The van der Waals surface area contributed by atoms with Crippen LogP contribution >= 0.6 is 0 Å². The topological polar surface area (TPSA) is 78.1 Å². The van der Waals surface area contributed by atoms with Gasteiger partial charge < -0.3 is 23.7 Å². The number of phenolic OH excluding ortho intramolecular Hbond substituents is 1. The molecule has 2 aromatic carbocycles. The first-order valence-corrected chi connectivity index (χ1v) is 9.52. The summed E-state index contributed by atoms with van der Waals surface area (Å²) in [6.45, 7) is 4.00. The number of benzene rings is 2. The lowest BCUT2D eigenvalue weighted by molar-refractivity contribution is 0.0839. The van der Waals surface area contributed by atoms with E-state index in [-0.39, 0.29) is 22.2 Å². The van der Waals surface area contributed by atoms with E-state index in [1.165, 1.54) is 6.26 Å². The van der Waals surface area contributed by atoms with Crippen molar-refractivity contribution in [2.24, 2.45) is 0 Å². The molecule has 0 unspecified atom stereocenters. The van der Waals surface area contributed by atoms with Crippen molar-refractivity contribution >= 4 is 11.0 Å². The average Bonchev–Trinajstić information content (AvgIpc) is 2.69. The van der Waals surface area contributed by atoms with E-state index in [2.05, 4.69) is 0 Å². The summed E-state index contributed by atoms with van der Waals surface area (Å²) in [5.41, 5.74) is 1.74. The van der Waals surface area contributed by atoms with Gasteiger partial charge in [-0.1, -0.05) is 6.07 Å². The molecule has 1 aromatic heterocycles. The summed E-state index contributed by atoms with van der Waals surface area (Å²) in [4.78, 5) is 13.1. The minimum absolute atomic E-state index is 0.0455. The first-order valence-electron chi connectivity index (χ1n) is 9.52. The predicted molar refractivity (Wildman–Crippen MR) is 110 cm³/mol. The molecule has 0 saturated heterocycles. The number of hydrogen-bond acceptors (Lipinski definition) is 6. The predicted octanol–water partition coefficient (Wildman–Crippen LogP) is 4.21. The molecule has 1 aliphatic heterocycles. The number of ether oxygens (including phenoxy) is 3. The summed E-state index contributed by atoms with van der Waals surface area (Å²) < 4.78 is 22.3. The Morgan fingerprint density at radius 1 is 1.14 bits per heavy atom. The zero-order valence-electron chi connectivity index (χ0n) is 17.0. The van der Waals surface area contributed by atoms with Crippen LogP contribution in [0.15, 0.2) is 39.7 Å². The number of hydrogen-bond donors (Lipinski definition) is 1. The normalized spacial score (nSPS) is 14.9. The fourth-order valence-corrected chi connectivity index (χ4v) is 3.76. The highest BCUT2D eigenvalue weighted by Gasteiger charge is 2.30. The van der Waals surface area contributed by atoms with Gasteiger partial charge in [-0.3, -0.25) is 4.79 Å². The van der Waals surface area contributed by atoms with E-state index in [1.54, 1.807) is 26.4 Å². The quantitative estimate of drug-likeness (QED) is 0.712. The van der Waals surface area contributed by atoms with E-state index in [0.717, 1.165) is 12.0 Å². The van der Waals surface area contributed by atoms with Crippen LogP contribution in [0, 0.1) is 0 Å². The molecule has 0 fully saturated rings. The molecule has 152 valence electrons. The summed E-state index contributed by atoms with van der Waals surface area (Å²) in [6, 6.07) is 7.19. The summed E-state index contributed by atoms with van der Waals surface area (Å²) >= 11 is 0. The second-order valence-electron chi connectivity index (χ2n) is 7.89. The van der Waals surface area contributed by atoms with E-state index in [1.807, 2.05) is 26.0 Å². The van der Waals surface area contributed by atoms with Crippen LogP contribution in [0.4, 0.5) is 0 Å². The number of fused-ring (bicyclic) bond motifs is 2. The van der Waals surface area contributed by atoms with Crippen LogP contribution in [0.5, 0.6) is 23.0 Å². The average molecular weight is 396 g/mol. The Bertz CT molecular complexity index is 1140. The van der Waals surface area contributed by atoms with Crippen LogP contribution in [0.2, 0.25) is 0 Å². The molecule has 0 amide bonds. The highest BCUT2D eigenvalue weighted by molar-refractivity contribution is 5.87. The Kier molecular flexibility index (Phi) is 4.65. The van der Waals surface area contributed by atoms with E-state index < -0.39 is 0 Å². The highest BCUT2D eigenvalue weighted by Crippen LogP contribution is 2.41. The van der Waals surface area contributed by atoms with Gasteiger partial charge in [0.1, 0.15) is 28.1 Å². The Morgan fingerprint density at radius 3 is 2.62 bits per heavy atom. The Balaban J connectivity index is 1.77. The summed E-state index contributed by atoms with van der Waals surface area (Å²) in [6.07, 6.45) is 3.19. The van der Waals surface area contributed by atoms with Crippen LogP contribution < -0.4 is 19.6 Å². The molecule has 29 heavy (non-hydrogen) atoms. The van der Waals surface area contributed by atoms with Crippen molar-refractivity contribution in [3.8, 4) is 23.0 Å². The van der Waals surface area contributed by atoms with Crippen molar-refractivity contribution in [2.75, 3.05) is 14.2 Å². The Hall–Kier alpha value is -3.15. The van der Waals surface area contributed by atoms with Crippen LogP contribution in [-0.4, -0.2) is 24.9 Å². The Morgan fingerprint density at radius 2 is 1.90 bits per heavy atom. The van der Waals surface area contributed by atoms with Gasteiger partial charge in [0.15, 0.2) is 16.9 Å². The lowest BCUT2D eigenvalue weighted by Crippen LogP contribution is -2.32. The molecular weight excluding hydrogens is 372 g/mol. The van der Waals surface area contributed by atoms with Gasteiger partial charge in [-0.05, 0) is 44.4 Å². The molecular formula is C23H24O6. The van der Waals surface area contributed by atoms with Crippen molar-refractivity contribution in [1.82, 2.24) is 0 Å². The SMILES string of the molecule is COc1ccc(Cc2coc3cc4c(c(O)c3c2=O)CCC(C)(C)O4)cc1OC. The van der Waals surface area contributed by atoms with Gasteiger partial charge >= 0.3 is 0 Å². The zero-order chi connectivity index (χ0) is 20.8. The maximum atomic E-state index is 13.1. The zero-order valence-corrected chi connectivity index (χ0v) is 17.0. The first-order chi connectivity index (χ1) is 13.8. The van der Waals surface area contributed by atoms with Crippen LogP contribution in [0.1, 0.15) is 37.0 Å². The van der Waals surface area contributed by atoms with Gasteiger partial charge in [0.2, 0.25) is 0 Å². The van der Waals surface area contributed by atoms with Crippen molar-refractivity contribution in [3.05, 3.63) is 57.4 Å². The molecule has 2 heterocycles. The van der Waals surface area contributed by atoms with Gasteiger partial charge in [-0.25, -0.2) is 0 Å². The lowest BCUT2D eigenvalue weighted by atomic mass is 9.92. The molecule has 4 rings (SSSR count). The molecule has 0 aliphatic carbocycles. The molecule has 0 radical (unpaired) electrons. The molecule has 3 aromatic rings. The third-order valence-electron chi connectivity index (χ3n) is 5.38. The first kappa shape index (κ1) is 19.2. The van der Waals surface area contributed by atoms with Crippen molar-refractivity contribution in [1.29, 1.82) is 0 Å². The third-order valence-corrected chi connectivity index (χ3v) is 5.38. The van der Waals surface area contributed by atoms with E-state index in [0.29, 0.717) is 46.8 Å². The molecule has 6 heteroatoms. The van der Waals surface area contributed by atoms with E-state index in [4.69, 9.17) is 18.6 Å². The van der Waals surface area contributed by atoms with Crippen molar-refractivity contribution in [2.45, 2.75) is 38.7 Å². The van der Waals surface area contributed by atoms with Crippen molar-refractivity contribution in [3.63, 3.8) is 0 Å². The van der Waals surface area contributed by atoms with Gasteiger partial charge in [0.05, 0.1) is 20.5 Å².